The van der Waals surface area contributed by atoms with Gasteiger partial charge in [0, 0.05) is 6.54 Å². The average molecular weight is 176 g/mol. The molecule has 0 fully saturated rings. The van der Waals surface area contributed by atoms with E-state index in [0.29, 0.717) is 12.2 Å². The van der Waals surface area contributed by atoms with Crippen molar-refractivity contribution in [3.05, 3.63) is 24.3 Å². The molecule has 1 aliphatic rings. The quantitative estimate of drug-likeness (QED) is 0.593. The normalized spacial score (nSPS) is 21.0. The highest BCUT2D eigenvalue weighted by Gasteiger charge is 2.20. The highest BCUT2D eigenvalue weighted by molar-refractivity contribution is 5.90. The van der Waals surface area contributed by atoms with E-state index in [9.17, 15) is 4.79 Å². The molecule has 67 valence electrons. The Morgan fingerprint density at radius 2 is 2.23 bits per heavy atom. The van der Waals surface area contributed by atoms with Crippen LogP contribution in [0.3, 0.4) is 0 Å². The fourth-order valence-corrected chi connectivity index (χ4v) is 1.23. The Labute approximate surface area is 76.1 Å². The van der Waals surface area contributed by atoms with Crippen LogP contribution in [0.25, 0.3) is 0 Å². The lowest BCUT2D eigenvalue weighted by molar-refractivity contribution is -0.121. The topological polar surface area (TPSA) is 69.2 Å². The predicted molar refractivity (Wildman–Crippen MR) is 49.7 cm³/mol. The first-order chi connectivity index (χ1) is 6.27. The minimum atomic E-state index is -0.535. The third-order valence-electron chi connectivity index (χ3n) is 1.96. The fourth-order valence-electron chi connectivity index (χ4n) is 1.23. The zero-order valence-corrected chi connectivity index (χ0v) is 7.03. The van der Waals surface area contributed by atoms with Crippen molar-refractivity contribution >= 4 is 17.3 Å². The van der Waals surface area contributed by atoms with Crippen molar-refractivity contribution in [2.45, 2.75) is 6.04 Å². The van der Waals surface area contributed by atoms with Crippen LogP contribution in [0.15, 0.2) is 24.3 Å². The molecule has 0 unspecified atom stereocenters. The van der Waals surface area contributed by atoms with Gasteiger partial charge in [0.1, 0.15) is 6.04 Å². The highest BCUT2D eigenvalue weighted by atomic mass is 16.2. The van der Waals surface area contributed by atoms with Gasteiger partial charge in [0.25, 0.3) is 5.91 Å². The fraction of sp³-hybridized carbons (Fsp3) is 0.222. The number of benzene rings is 1. The third kappa shape index (κ3) is 1.48. The van der Waals surface area contributed by atoms with E-state index in [0.717, 1.165) is 5.69 Å². The number of para-hydroxylation sites is 2. The third-order valence-corrected chi connectivity index (χ3v) is 1.96. The number of carbonyl (C=O) groups excluding carboxylic acids is 1. The van der Waals surface area contributed by atoms with Gasteiger partial charge in [-0.15, -0.1) is 0 Å². The molecule has 3 N–H and O–H groups in total. The zero-order valence-electron chi connectivity index (χ0n) is 7.03. The molecule has 4 nitrogen and oxygen atoms in total. The van der Waals surface area contributed by atoms with Gasteiger partial charge in [-0.3, -0.25) is 4.79 Å². The van der Waals surface area contributed by atoms with Gasteiger partial charge in [-0.25, -0.2) is 5.32 Å². The Kier molecular flexibility index (Phi) is 1.90. The summed E-state index contributed by atoms with van der Waals surface area (Å²) in [4.78, 5) is 11.2. The van der Waals surface area contributed by atoms with Crippen LogP contribution in [-0.4, -0.2) is 18.5 Å². The molecule has 1 amide bonds. The maximum Gasteiger partial charge on any atom is 0.265 e. The SMILES string of the molecule is N[C@H]1CNc2ccccc2[N]C1=O. The van der Waals surface area contributed by atoms with Crippen LogP contribution in [-0.2, 0) is 4.79 Å². The molecule has 1 radical (unpaired) electrons. The van der Waals surface area contributed by atoms with Crippen molar-refractivity contribution in [3.8, 4) is 0 Å². The first-order valence-corrected chi connectivity index (χ1v) is 4.11. The molecule has 1 atom stereocenters. The second kappa shape index (κ2) is 3.06. The van der Waals surface area contributed by atoms with Crippen molar-refractivity contribution in [2.24, 2.45) is 5.73 Å². The Morgan fingerprint density at radius 1 is 1.46 bits per heavy atom. The van der Waals surface area contributed by atoms with E-state index in [-0.39, 0.29) is 5.91 Å². The number of hydrogen-bond acceptors (Lipinski definition) is 3. The highest BCUT2D eigenvalue weighted by Crippen LogP contribution is 2.22. The lowest BCUT2D eigenvalue weighted by atomic mass is 10.2. The van der Waals surface area contributed by atoms with Gasteiger partial charge >= 0.3 is 0 Å². The monoisotopic (exact) mass is 176 g/mol. The lowest BCUT2D eigenvalue weighted by Crippen LogP contribution is -2.38. The van der Waals surface area contributed by atoms with Crippen molar-refractivity contribution in [1.82, 2.24) is 5.32 Å². The first-order valence-electron chi connectivity index (χ1n) is 4.11. The Morgan fingerprint density at radius 3 is 3.08 bits per heavy atom. The Bertz CT molecular complexity index is 337. The molecule has 0 aromatic heterocycles. The summed E-state index contributed by atoms with van der Waals surface area (Å²) in [6.07, 6.45) is 0. The van der Waals surface area contributed by atoms with E-state index in [2.05, 4.69) is 10.6 Å². The minimum Gasteiger partial charge on any atom is -0.381 e. The van der Waals surface area contributed by atoms with Crippen LogP contribution in [0.2, 0.25) is 0 Å². The smallest absolute Gasteiger partial charge is 0.265 e. The zero-order chi connectivity index (χ0) is 9.26. The largest absolute Gasteiger partial charge is 0.381 e. The number of nitrogens with one attached hydrogen (secondary N) is 1. The van der Waals surface area contributed by atoms with Crippen molar-refractivity contribution in [3.63, 3.8) is 0 Å². The number of rotatable bonds is 0. The second-order valence-corrected chi connectivity index (χ2v) is 2.95. The van der Waals surface area contributed by atoms with Crippen molar-refractivity contribution in [1.29, 1.82) is 0 Å². The number of hydrogen-bond donors (Lipinski definition) is 2. The van der Waals surface area contributed by atoms with Crippen LogP contribution >= 0.6 is 0 Å². The predicted octanol–water partition coefficient (Wildman–Crippen LogP) is 0.202. The van der Waals surface area contributed by atoms with Crippen LogP contribution < -0.4 is 16.4 Å². The molecule has 1 aliphatic heterocycles. The summed E-state index contributed by atoms with van der Waals surface area (Å²) in [5, 5.41) is 6.96. The van der Waals surface area contributed by atoms with Gasteiger partial charge in [0.15, 0.2) is 0 Å². The van der Waals surface area contributed by atoms with Crippen LogP contribution in [0, 0.1) is 0 Å². The second-order valence-electron chi connectivity index (χ2n) is 2.95. The van der Waals surface area contributed by atoms with Crippen LogP contribution in [0.1, 0.15) is 0 Å². The average Bonchev–Trinajstić information content (AvgIpc) is 2.28. The van der Waals surface area contributed by atoms with Gasteiger partial charge in [0.2, 0.25) is 0 Å². The molecule has 1 aromatic carbocycles. The van der Waals surface area contributed by atoms with Gasteiger partial charge < -0.3 is 11.1 Å². The van der Waals surface area contributed by atoms with Crippen LogP contribution in [0.5, 0.6) is 0 Å². The number of anilines is 1. The number of amides is 1. The molecular weight excluding hydrogens is 166 g/mol. The minimum absolute atomic E-state index is 0.266. The van der Waals surface area contributed by atoms with Gasteiger partial charge in [-0.05, 0) is 12.1 Å². The number of nitrogens with two attached hydrogens (primary N) is 1. The first kappa shape index (κ1) is 8.07. The van der Waals surface area contributed by atoms with Crippen LogP contribution in [0.4, 0.5) is 11.4 Å². The number of fused-ring (bicyclic) bond motifs is 1. The van der Waals surface area contributed by atoms with Gasteiger partial charge in [-0.1, -0.05) is 12.1 Å². The standard InChI is InChI=1S/C9H10N3O/c10-6-5-11-7-3-1-2-4-8(7)12-9(6)13/h1-4,6,11H,5,10H2/t6-/m0/s1. The van der Waals surface area contributed by atoms with Crippen molar-refractivity contribution in [2.75, 3.05) is 11.9 Å². The van der Waals surface area contributed by atoms with E-state index in [1.165, 1.54) is 0 Å². The summed E-state index contributed by atoms with van der Waals surface area (Å²) in [5.74, 6) is -0.266. The molecule has 2 rings (SSSR count). The molecule has 0 bridgehead atoms. The summed E-state index contributed by atoms with van der Waals surface area (Å²) in [6, 6.07) is 6.87. The number of nitrogens with zero attached hydrogens (tertiary/aromatic N) is 1. The maximum atomic E-state index is 11.2. The summed E-state index contributed by atoms with van der Waals surface area (Å²) in [6.45, 7) is 0.444. The van der Waals surface area contributed by atoms with Gasteiger partial charge in [-0.2, -0.15) is 0 Å². The van der Waals surface area contributed by atoms with E-state index in [1.54, 1.807) is 6.07 Å². The molecule has 1 heterocycles. The molecular formula is C9H10N3O. The number of carbonyl (C=O) groups is 1. The Hall–Kier alpha value is -1.55. The molecule has 0 saturated carbocycles. The summed E-state index contributed by atoms with van der Waals surface area (Å²) < 4.78 is 0. The molecule has 1 aromatic rings. The van der Waals surface area contributed by atoms with Gasteiger partial charge in [0.05, 0.1) is 11.4 Å². The summed E-state index contributed by atoms with van der Waals surface area (Å²) >= 11 is 0. The molecule has 4 heteroatoms. The van der Waals surface area contributed by atoms with E-state index in [1.807, 2.05) is 18.2 Å². The molecule has 13 heavy (non-hydrogen) atoms. The van der Waals surface area contributed by atoms with E-state index < -0.39 is 6.04 Å². The summed E-state index contributed by atoms with van der Waals surface area (Å²) in [5.41, 5.74) is 7.08. The van der Waals surface area contributed by atoms with E-state index in [4.69, 9.17) is 5.73 Å². The van der Waals surface area contributed by atoms with Crippen molar-refractivity contribution < 1.29 is 4.79 Å². The lowest BCUT2D eigenvalue weighted by Gasteiger charge is -2.04. The van der Waals surface area contributed by atoms with E-state index >= 15 is 0 Å². The molecule has 0 spiro atoms. The molecule has 0 saturated heterocycles. The maximum absolute atomic E-state index is 11.2. The Balaban J connectivity index is 2.35. The molecule has 0 aliphatic carbocycles. The summed E-state index contributed by atoms with van der Waals surface area (Å²) in [7, 11) is 0.